The Morgan fingerprint density at radius 3 is 2.83 bits per heavy atom. The second-order valence-corrected chi connectivity index (χ2v) is 8.53. The van der Waals surface area contributed by atoms with Gasteiger partial charge in [-0.3, -0.25) is 0 Å². The minimum absolute atomic E-state index is 0.0742. The Labute approximate surface area is 204 Å². The van der Waals surface area contributed by atoms with E-state index in [9.17, 15) is 5.26 Å². The molecule has 0 spiro atoms. The van der Waals surface area contributed by atoms with E-state index in [4.69, 9.17) is 9.47 Å². The average molecular weight is 467 g/mol. The van der Waals surface area contributed by atoms with Gasteiger partial charge in [0.15, 0.2) is 0 Å². The Morgan fingerprint density at radius 2 is 2.03 bits per heavy atom. The van der Waals surface area contributed by atoms with E-state index in [1.165, 1.54) is 0 Å². The molecule has 176 valence electrons. The molecule has 8 heteroatoms. The molecule has 0 amide bonds. The topological polar surface area (TPSA) is 97.9 Å². The largest absolute Gasteiger partial charge is 0.489 e. The molecule has 2 aromatic carbocycles. The first kappa shape index (κ1) is 22.6. The molecule has 0 radical (unpaired) electrons. The Morgan fingerprint density at radius 1 is 1.14 bits per heavy atom. The number of rotatable bonds is 7. The minimum Gasteiger partial charge on any atom is -0.489 e. The lowest BCUT2D eigenvalue weighted by Gasteiger charge is -2.23. The fourth-order valence-corrected chi connectivity index (χ4v) is 4.08. The zero-order chi connectivity index (χ0) is 24.0. The second-order valence-electron chi connectivity index (χ2n) is 8.53. The molecular formula is C27H26N6O2. The van der Waals surface area contributed by atoms with Gasteiger partial charge in [-0.2, -0.15) is 5.26 Å². The van der Waals surface area contributed by atoms with E-state index in [1.54, 1.807) is 6.20 Å². The van der Waals surface area contributed by atoms with Gasteiger partial charge in [-0.15, -0.1) is 0 Å². The molecule has 1 fully saturated rings. The SMILES string of the molecule is Cc1cn(Cc2cccc(Nc3nccc(-c4ccc(OC5CCOCC5)c(C#N)c4)n3)c2)cn1. The molecule has 4 aromatic rings. The molecule has 2 aromatic heterocycles. The van der Waals surface area contributed by atoms with Crippen molar-refractivity contribution >= 4 is 11.6 Å². The van der Waals surface area contributed by atoms with Crippen LogP contribution in [0.2, 0.25) is 0 Å². The van der Waals surface area contributed by atoms with Crippen molar-refractivity contribution < 1.29 is 9.47 Å². The van der Waals surface area contributed by atoms with Gasteiger partial charge >= 0.3 is 0 Å². The van der Waals surface area contributed by atoms with E-state index < -0.39 is 0 Å². The van der Waals surface area contributed by atoms with Gasteiger partial charge in [0.2, 0.25) is 5.95 Å². The quantitative estimate of drug-likeness (QED) is 0.415. The summed E-state index contributed by atoms with van der Waals surface area (Å²) in [5.41, 5.74) is 5.07. The number of aryl methyl sites for hydroxylation is 1. The molecule has 3 heterocycles. The summed E-state index contributed by atoms with van der Waals surface area (Å²) in [7, 11) is 0. The maximum atomic E-state index is 9.70. The molecular weight excluding hydrogens is 440 g/mol. The number of hydrogen-bond donors (Lipinski definition) is 1. The van der Waals surface area contributed by atoms with Crippen LogP contribution in [0.4, 0.5) is 11.6 Å². The van der Waals surface area contributed by atoms with Gasteiger partial charge in [0, 0.05) is 43.0 Å². The molecule has 1 aliphatic rings. The first-order valence-corrected chi connectivity index (χ1v) is 11.6. The van der Waals surface area contributed by atoms with Gasteiger partial charge in [-0.1, -0.05) is 12.1 Å². The van der Waals surface area contributed by atoms with Gasteiger partial charge in [-0.25, -0.2) is 15.0 Å². The maximum Gasteiger partial charge on any atom is 0.227 e. The van der Waals surface area contributed by atoms with Gasteiger partial charge in [-0.05, 0) is 48.9 Å². The van der Waals surface area contributed by atoms with E-state index in [-0.39, 0.29) is 6.10 Å². The number of imidazole rings is 1. The summed E-state index contributed by atoms with van der Waals surface area (Å²) in [4.78, 5) is 13.3. The molecule has 8 nitrogen and oxygen atoms in total. The van der Waals surface area contributed by atoms with E-state index in [1.807, 2.05) is 60.4 Å². The number of aromatic nitrogens is 4. The minimum atomic E-state index is 0.0742. The first-order valence-electron chi connectivity index (χ1n) is 11.6. The van der Waals surface area contributed by atoms with Crippen molar-refractivity contribution in [1.82, 2.24) is 19.5 Å². The average Bonchev–Trinajstić information content (AvgIpc) is 3.29. The lowest BCUT2D eigenvalue weighted by Crippen LogP contribution is -2.26. The smallest absolute Gasteiger partial charge is 0.227 e. The Balaban J connectivity index is 1.32. The van der Waals surface area contributed by atoms with E-state index in [2.05, 4.69) is 38.5 Å². The molecule has 1 saturated heterocycles. The van der Waals surface area contributed by atoms with Crippen molar-refractivity contribution in [3.63, 3.8) is 0 Å². The molecule has 0 saturated carbocycles. The third kappa shape index (κ3) is 5.65. The first-order chi connectivity index (χ1) is 17.2. The van der Waals surface area contributed by atoms with Crippen molar-refractivity contribution in [2.45, 2.75) is 32.4 Å². The Kier molecular flexibility index (Phi) is 6.68. The highest BCUT2D eigenvalue weighted by atomic mass is 16.5. The van der Waals surface area contributed by atoms with Crippen LogP contribution >= 0.6 is 0 Å². The van der Waals surface area contributed by atoms with E-state index in [0.29, 0.717) is 30.5 Å². The highest BCUT2D eigenvalue weighted by Gasteiger charge is 2.17. The van der Waals surface area contributed by atoms with Crippen molar-refractivity contribution in [3.05, 3.63) is 84.1 Å². The zero-order valence-corrected chi connectivity index (χ0v) is 19.5. The lowest BCUT2D eigenvalue weighted by atomic mass is 10.1. The van der Waals surface area contributed by atoms with Gasteiger partial charge in [0.1, 0.15) is 17.9 Å². The summed E-state index contributed by atoms with van der Waals surface area (Å²) in [6, 6.07) is 17.8. The fourth-order valence-electron chi connectivity index (χ4n) is 4.08. The third-order valence-electron chi connectivity index (χ3n) is 5.82. The highest BCUT2D eigenvalue weighted by molar-refractivity contribution is 5.66. The number of ether oxygens (including phenoxy) is 2. The summed E-state index contributed by atoms with van der Waals surface area (Å²) in [5, 5.41) is 13.0. The molecule has 0 bridgehead atoms. The van der Waals surface area contributed by atoms with Gasteiger partial charge in [0.05, 0.1) is 36.5 Å². The van der Waals surface area contributed by atoms with E-state index in [0.717, 1.165) is 47.6 Å². The Hall–Kier alpha value is -4.22. The van der Waals surface area contributed by atoms with Gasteiger partial charge < -0.3 is 19.4 Å². The summed E-state index contributed by atoms with van der Waals surface area (Å²) in [6.45, 7) is 4.09. The molecule has 0 unspecified atom stereocenters. The maximum absolute atomic E-state index is 9.70. The summed E-state index contributed by atoms with van der Waals surface area (Å²) in [5.74, 6) is 1.08. The van der Waals surface area contributed by atoms with Crippen LogP contribution in [0.15, 0.2) is 67.3 Å². The summed E-state index contributed by atoms with van der Waals surface area (Å²) < 4.78 is 13.5. The molecule has 0 aliphatic carbocycles. The predicted molar refractivity (Wildman–Crippen MR) is 132 cm³/mol. The van der Waals surface area contributed by atoms with Gasteiger partial charge in [0.25, 0.3) is 0 Å². The van der Waals surface area contributed by atoms with Crippen molar-refractivity contribution in [1.29, 1.82) is 5.26 Å². The number of hydrogen-bond acceptors (Lipinski definition) is 7. The fraction of sp³-hybridized carbons (Fsp3) is 0.259. The van der Waals surface area contributed by atoms with Crippen LogP contribution < -0.4 is 10.1 Å². The lowest BCUT2D eigenvalue weighted by molar-refractivity contribution is 0.0254. The highest BCUT2D eigenvalue weighted by Crippen LogP contribution is 2.28. The van der Waals surface area contributed by atoms with E-state index >= 15 is 0 Å². The van der Waals surface area contributed by atoms with Crippen LogP contribution in [0.1, 0.15) is 29.7 Å². The number of benzene rings is 2. The van der Waals surface area contributed by atoms with Crippen molar-refractivity contribution in [2.24, 2.45) is 0 Å². The van der Waals surface area contributed by atoms with Crippen LogP contribution in [0.5, 0.6) is 5.75 Å². The van der Waals surface area contributed by atoms with Crippen LogP contribution in [0.25, 0.3) is 11.3 Å². The number of anilines is 2. The summed E-state index contributed by atoms with van der Waals surface area (Å²) >= 11 is 0. The molecule has 1 aliphatic heterocycles. The van der Waals surface area contributed by atoms with Crippen molar-refractivity contribution in [3.8, 4) is 23.1 Å². The summed E-state index contributed by atoms with van der Waals surface area (Å²) in [6.07, 6.45) is 7.29. The Bertz CT molecular complexity index is 1350. The molecule has 0 atom stereocenters. The van der Waals surface area contributed by atoms with Crippen LogP contribution in [-0.4, -0.2) is 38.8 Å². The van der Waals surface area contributed by atoms with Crippen LogP contribution in [-0.2, 0) is 11.3 Å². The number of nitrogens with zero attached hydrogens (tertiary/aromatic N) is 5. The number of nitriles is 1. The predicted octanol–water partition coefficient (Wildman–Crippen LogP) is 4.87. The molecule has 5 rings (SSSR count). The standard InChI is InChI=1S/C27H26N6O2/c1-19-16-33(18-30-19)17-20-3-2-4-23(13-20)31-27-29-10-7-25(32-27)21-5-6-26(22(14-21)15-28)35-24-8-11-34-12-9-24/h2-7,10,13-14,16,18,24H,8-9,11-12,17H2,1H3,(H,29,31,32). The number of nitrogens with one attached hydrogen (secondary N) is 1. The van der Waals surface area contributed by atoms with Crippen molar-refractivity contribution in [2.75, 3.05) is 18.5 Å². The molecule has 1 N–H and O–H groups in total. The van der Waals surface area contributed by atoms with Crippen LogP contribution in [0.3, 0.4) is 0 Å². The zero-order valence-electron chi connectivity index (χ0n) is 19.5. The third-order valence-corrected chi connectivity index (χ3v) is 5.82. The normalized spacial score (nSPS) is 13.8. The van der Waals surface area contributed by atoms with Crippen LogP contribution in [0, 0.1) is 18.3 Å². The monoisotopic (exact) mass is 466 g/mol. The second kappa shape index (κ2) is 10.4. The molecule has 35 heavy (non-hydrogen) atoms.